The van der Waals surface area contributed by atoms with Gasteiger partial charge in [-0.05, 0) is 49.2 Å². The van der Waals surface area contributed by atoms with Crippen LogP contribution in [0.15, 0.2) is 48.0 Å². The third-order valence-electron chi connectivity index (χ3n) is 5.20. The summed E-state index contributed by atoms with van der Waals surface area (Å²) in [5, 5.41) is 11.4. The van der Waals surface area contributed by atoms with E-state index in [4.69, 9.17) is 21.1 Å². The van der Waals surface area contributed by atoms with E-state index in [1.54, 1.807) is 18.2 Å². The van der Waals surface area contributed by atoms with Gasteiger partial charge in [-0.3, -0.25) is 9.59 Å². The summed E-state index contributed by atoms with van der Waals surface area (Å²) in [7, 11) is 1.49. The van der Waals surface area contributed by atoms with Gasteiger partial charge in [0.2, 0.25) is 0 Å². The zero-order valence-corrected chi connectivity index (χ0v) is 18.6. The lowest BCUT2D eigenvalue weighted by Crippen LogP contribution is -2.30. The van der Waals surface area contributed by atoms with Crippen molar-refractivity contribution in [2.45, 2.75) is 32.7 Å². The fraction of sp³-hybridized carbons (Fsp3) is 0.333. The number of likely N-dealkylation sites (tertiary alicyclic amines) is 1. The Morgan fingerprint density at radius 1 is 1.16 bits per heavy atom. The minimum Gasteiger partial charge on any atom is -0.507 e. The van der Waals surface area contributed by atoms with Gasteiger partial charge >= 0.3 is 0 Å². The zero-order chi connectivity index (χ0) is 22.5. The number of hydrogen-bond acceptors (Lipinski definition) is 5. The maximum Gasteiger partial charge on any atom is 0.295 e. The number of aliphatic hydroxyl groups is 1. The van der Waals surface area contributed by atoms with Gasteiger partial charge in [-0.2, -0.15) is 0 Å². The predicted molar refractivity (Wildman–Crippen MR) is 120 cm³/mol. The number of amides is 1. The number of Topliss-reactive ketones (excluding diaryl/α,β-unsaturated/α-hetero) is 1. The molecule has 31 heavy (non-hydrogen) atoms. The van der Waals surface area contributed by atoms with E-state index >= 15 is 0 Å². The van der Waals surface area contributed by atoms with Crippen molar-refractivity contribution in [3.63, 3.8) is 0 Å². The monoisotopic (exact) mass is 443 g/mol. The van der Waals surface area contributed by atoms with Gasteiger partial charge in [0, 0.05) is 12.1 Å². The number of aliphatic hydroxyl groups excluding tert-OH is 1. The van der Waals surface area contributed by atoms with Crippen LogP contribution in [0.3, 0.4) is 0 Å². The number of rotatable bonds is 8. The van der Waals surface area contributed by atoms with E-state index in [-0.39, 0.29) is 11.3 Å². The van der Waals surface area contributed by atoms with E-state index in [0.29, 0.717) is 40.8 Å². The molecule has 3 rings (SSSR count). The summed E-state index contributed by atoms with van der Waals surface area (Å²) in [4.78, 5) is 27.4. The van der Waals surface area contributed by atoms with Crippen molar-refractivity contribution < 1.29 is 24.2 Å². The molecule has 1 atom stereocenters. The molecule has 1 aliphatic rings. The summed E-state index contributed by atoms with van der Waals surface area (Å²) >= 11 is 6.21. The number of ether oxygens (including phenoxy) is 2. The Balaban J connectivity index is 2.16. The number of hydrogen-bond donors (Lipinski definition) is 1. The maximum absolute atomic E-state index is 13.0. The second-order valence-corrected chi connectivity index (χ2v) is 7.61. The van der Waals surface area contributed by atoms with Crippen LogP contribution in [-0.4, -0.2) is 42.0 Å². The van der Waals surface area contributed by atoms with Crippen LogP contribution in [0.4, 0.5) is 0 Å². The first-order valence-electron chi connectivity index (χ1n) is 10.3. The van der Waals surface area contributed by atoms with Gasteiger partial charge in [0.15, 0.2) is 0 Å². The molecule has 2 aromatic rings. The molecule has 1 N–H and O–H groups in total. The topological polar surface area (TPSA) is 76.1 Å². The fourth-order valence-electron chi connectivity index (χ4n) is 3.70. The summed E-state index contributed by atoms with van der Waals surface area (Å²) in [6.45, 7) is 4.79. The molecule has 1 unspecified atom stereocenters. The van der Waals surface area contributed by atoms with E-state index in [1.807, 2.05) is 32.0 Å². The zero-order valence-electron chi connectivity index (χ0n) is 17.9. The Bertz CT molecular complexity index is 1020. The molecule has 0 saturated carbocycles. The molecule has 1 heterocycles. The molecule has 1 aliphatic heterocycles. The van der Waals surface area contributed by atoms with Gasteiger partial charge in [-0.25, -0.2) is 0 Å². The molecule has 0 radical (unpaired) electrons. The Morgan fingerprint density at radius 3 is 2.58 bits per heavy atom. The van der Waals surface area contributed by atoms with Crippen LogP contribution in [0.2, 0.25) is 5.02 Å². The van der Waals surface area contributed by atoms with Crippen LogP contribution in [-0.2, 0) is 9.59 Å². The van der Waals surface area contributed by atoms with E-state index < -0.39 is 17.7 Å². The average Bonchev–Trinajstić information content (AvgIpc) is 3.02. The summed E-state index contributed by atoms with van der Waals surface area (Å²) in [5.74, 6) is -0.529. The highest BCUT2D eigenvalue weighted by molar-refractivity contribution is 6.46. The van der Waals surface area contributed by atoms with Crippen LogP contribution in [0, 0.1) is 0 Å². The second-order valence-electron chi connectivity index (χ2n) is 7.20. The number of methoxy groups -OCH3 is 1. The maximum atomic E-state index is 13.0. The molecule has 6 nitrogen and oxygen atoms in total. The number of halogens is 1. The number of ketones is 1. The standard InChI is InChI=1S/C24H26ClNO5/c1-4-6-12-26-21(15-8-7-9-17(13-15)31-5-2)20(23(28)24(26)29)22(27)16-10-11-19(30-3)18(25)14-16/h7-11,13-14,21,27H,4-6,12H2,1-3H3/b22-20+. The lowest BCUT2D eigenvalue weighted by molar-refractivity contribution is -0.139. The highest BCUT2D eigenvalue weighted by Gasteiger charge is 2.45. The quantitative estimate of drug-likeness (QED) is 0.354. The normalized spacial score (nSPS) is 17.8. The van der Waals surface area contributed by atoms with E-state index in [0.717, 1.165) is 12.8 Å². The Hall–Kier alpha value is -2.99. The van der Waals surface area contributed by atoms with Crippen molar-refractivity contribution in [2.24, 2.45) is 0 Å². The number of unbranched alkanes of at least 4 members (excludes halogenated alkanes) is 1. The number of benzene rings is 2. The average molecular weight is 444 g/mol. The predicted octanol–water partition coefficient (Wildman–Crippen LogP) is 4.97. The highest BCUT2D eigenvalue weighted by Crippen LogP contribution is 2.41. The Labute approximate surface area is 187 Å². The van der Waals surface area contributed by atoms with Crippen molar-refractivity contribution in [2.75, 3.05) is 20.3 Å². The van der Waals surface area contributed by atoms with Gasteiger partial charge in [0.25, 0.3) is 11.7 Å². The Kier molecular flexibility index (Phi) is 7.23. The fourth-order valence-corrected chi connectivity index (χ4v) is 3.95. The van der Waals surface area contributed by atoms with Crippen molar-refractivity contribution in [3.8, 4) is 11.5 Å². The molecular weight excluding hydrogens is 418 g/mol. The number of carbonyl (C=O) groups excluding carboxylic acids is 2. The van der Waals surface area contributed by atoms with Crippen LogP contribution in [0.25, 0.3) is 5.76 Å². The minimum absolute atomic E-state index is 0.0379. The Morgan fingerprint density at radius 2 is 1.94 bits per heavy atom. The summed E-state index contributed by atoms with van der Waals surface area (Å²) in [5.41, 5.74) is 1.07. The molecule has 0 aliphatic carbocycles. The van der Waals surface area contributed by atoms with Crippen molar-refractivity contribution in [1.82, 2.24) is 4.90 Å². The van der Waals surface area contributed by atoms with Gasteiger partial charge in [0.1, 0.15) is 17.3 Å². The molecule has 7 heteroatoms. The molecule has 1 saturated heterocycles. The van der Waals surface area contributed by atoms with Gasteiger partial charge in [-0.15, -0.1) is 0 Å². The number of nitrogens with zero attached hydrogens (tertiary/aromatic N) is 1. The summed E-state index contributed by atoms with van der Waals surface area (Å²) in [6, 6.07) is 11.3. The molecular formula is C24H26ClNO5. The molecule has 0 bridgehead atoms. The van der Waals surface area contributed by atoms with E-state index in [9.17, 15) is 14.7 Å². The molecule has 0 aromatic heterocycles. The lowest BCUT2D eigenvalue weighted by Gasteiger charge is -2.25. The molecule has 1 amide bonds. The third kappa shape index (κ3) is 4.54. The second kappa shape index (κ2) is 9.88. The number of carbonyl (C=O) groups is 2. The van der Waals surface area contributed by atoms with E-state index in [1.165, 1.54) is 18.1 Å². The van der Waals surface area contributed by atoms with Crippen molar-refractivity contribution in [1.29, 1.82) is 0 Å². The molecule has 164 valence electrons. The smallest absolute Gasteiger partial charge is 0.295 e. The van der Waals surface area contributed by atoms with Gasteiger partial charge in [-0.1, -0.05) is 37.1 Å². The molecule has 0 spiro atoms. The van der Waals surface area contributed by atoms with Crippen LogP contribution in [0.1, 0.15) is 43.9 Å². The van der Waals surface area contributed by atoms with Crippen LogP contribution in [0.5, 0.6) is 11.5 Å². The van der Waals surface area contributed by atoms with Gasteiger partial charge in [0.05, 0.1) is 30.4 Å². The lowest BCUT2D eigenvalue weighted by atomic mass is 9.95. The largest absolute Gasteiger partial charge is 0.507 e. The minimum atomic E-state index is -0.715. The highest BCUT2D eigenvalue weighted by atomic mass is 35.5. The van der Waals surface area contributed by atoms with E-state index in [2.05, 4.69) is 0 Å². The SMILES string of the molecule is CCCCN1C(=O)C(=O)/C(=C(/O)c2ccc(OC)c(Cl)c2)C1c1cccc(OCC)c1. The summed E-state index contributed by atoms with van der Waals surface area (Å²) < 4.78 is 10.8. The molecule has 2 aromatic carbocycles. The van der Waals surface area contributed by atoms with Gasteiger partial charge < -0.3 is 19.5 Å². The summed E-state index contributed by atoms with van der Waals surface area (Å²) in [6.07, 6.45) is 1.60. The van der Waals surface area contributed by atoms with Crippen LogP contribution >= 0.6 is 11.6 Å². The third-order valence-corrected chi connectivity index (χ3v) is 5.50. The van der Waals surface area contributed by atoms with Crippen molar-refractivity contribution >= 4 is 29.1 Å². The first-order chi connectivity index (χ1) is 14.9. The van der Waals surface area contributed by atoms with Crippen LogP contribution < -0.4 is 9.47 Å². The molecule has 1 fully saturated rings. The first kappa shape index (κ1) is 22.7. The first-order valence-corrected chi connectivity index (χ1v) is 10.7. The van der Waals surface area contributed by atoms with Crippen molar-refractivity contribution in [3.05, 3.63) is 64.2 Å².